The molecule has 1 aliphatic carbocycles. The van der Waals surface area contributed by atoms with Gasteiger partial charge in [0.05, 0.1) is 5.69 Å². The third-order valence-corrected chi connectivity index (χ3v) is 4.27. The number of pyridine rings is 1. The Morgan fingerprint density at radius 3 is 2.84 bits per heavy atom. The molecule has 2 atom stereocenters. The van der Waals surface area contributed by atoms with E-state index in [0.29, 0.717) is 12.1 Å². The first-order valence-electron chi connectivity index (χ1n) is 7.55. The number of hydrogen-bond acceptors (Lipinski definition) is 4. The molecule has 19 heavy (non-hydrogen) atoms. The van der Waals surface area contributed by atoms with Crippen molar-refractivity contribution < 1.29 is 0 Å². The second-order valence-electron chi connectivity index (χ2n) is 5.84. The van der Waals surface area contributed by atoms with Crippen LogP contribution in [0.25, 0.3) is 0 Å². The minimum Gasteiger partial charge on any atom is -0.379 e. The van der Waals surface area contributed by atoms with Crippen LogP contribution in [0.3, 0.4) is 0 Å². The van der Waals surface area contributed by atoms with E-state index in [1.807, 2.05) is 12.3 Å². The molecule has 0 bridgehead atoms. The summed E-state index contributed by atoms with van der Waals surface area (Å²) in [6.45, 7) is 2.27. The molecule has 4 nitrogen and oxygen atoms in total. The molecule has 1 aliphatic heterocycles. The molecule has 3 N–H and O–H groups in total. The molecule has 2 aliphatic rings. The van der Waals surface area contributed by atoms with Gasteiger partial charge in [0.2, 0.25) is 0 Å². The molecule has 1 aromatic heterocycles. The lowest BCUT2D eigenvalue weighted by Gasteiger charge is -2.30. The molecule has 2 fully saturated rings. The molecule has 0 spiro atoms. The molecule has 1 saturated carbocycles. The molecule has 0 aromatic carbocycles. The summed E-state index contributed by atoms with van der Waals surface area (Å²) in [7, 11) is 0. The van der Waals surface area contributed by atoms with Gasteiger partial charge < -0.3 is 16.0 Å². The highest BCUT2D eigenvalue weighted by molar-refractivity contribution is 5.66. The van der Waals surface area contributed by atoms with Crippen LogP contribution < -0.4 is 16.0 Å². The fourth-order valence-corrected chi connectivity index (χ4v) is 3.27. The minimum atomic E-state index is 0.359. The Kier molecular flexibility index (Phi) is 3.87. The molecular formula is C15H24N4. The lowest BCUT2D eigenvalue weighted by atomic mass is 9.91. The summed E-state index contributed by atoms with van der Waals surface area (Å²) >= 11 is 0. The quantitative estimate of drug-likeness (QED) is 0.876. The Morgan fingerprint density at radius 2 is 2.05 bits per heavy atom. The topological polar surface area (TPSA) is 54.2 Å². The zero-order chi connectivity index (χ0) is 13.1. The lowest BCUT2D eigenvalue weighted by molar-refractivity contribution is 0.409. The highest BCUT2D eigenvalue weighted by Crippen LogP contribution is 2.29. The standard InChI is InChI=1S/C15H24N4/c16-12-5-3-6-13(11-12)18-14-7-4-8-17-15(14)19-9-1-2-10-19/h4,7-8,12-13,18H,1-3,5-6,9-11,16H2. The summed E-state index contributed by atoms with van der Waals surface area (Å²) in [5.41, 5.74) is 7.26. The average molecular weight is 260 g/mol. The molecule has 2 heterocycles. The van der Waals surface area contributed by atoms with Crippen molar-refractivity contribution in [2.24, 2.45) is 5.73 Å². The first kappa shape index (κ1) is 12.7. The predicted molar refractivity (Wildman–Crippen MR) is 79.5 cm³/mol. The van der Waals surface area contributed by atoms with Gasteiger partial charge in [-0.05, 0) is 50.7 Å². The van der Waals surface area contributed by atoms with Gasteiger partial charge in [-0.3, -0.25) is 0 Å². The number of hydrogen-bond donors (Lipinski definition) is 2. The van der Waals surface area contributed by atoms with E-state index in [1.165, 1.54) is 37.8 Å². The highest BCUT2D eigenvalue weighted by atomic mass is 15.2. The van der Waals surface area contributed by atoms with Gasteiger partial charge in [0.25, 0.3) is 0 Å². The summed E-state index contributed by atoms with van der Waals surface area (Å²) in [5.74, 6) is 1.12. The summed E-state index contributed by atoms with van der Waals surface area (Å²) in [5, 5.41) is 3.67. The molecule has 3 rings (SSSR count). The smallest absolute Gasteiger partial charge is 0.151 e. The zero-order valence-corrected chi connectivity index (χ0v) is 11.5. The number of nitrogens with one attached hydrogen (secondary N) is 1. The molecular weight excluding hydrogens is 236 g/mol. The Balaban J connectivity index is 1.72. The van der Waals surface area contributed by atoms with Crippen molar-refractivity contribution in [2.75, 3.05) is 23.3 Å². The summed E-state index contributed by atoms with van der Waals surface area (Å²) < 4.78 is 0. The van der Waals surface area contributed by atoms with Crippen LogP contribution in [0, 0.1) is 0 Å². The van der Waals surface area contributed by atoms with E-state index < -0.39 is 0 Å². The number of nitrogens with two attached hydrogens (primary N) is 1. The van der Waals surface area contributed by atoms with E-state index in [-0.39, 0.29) is 0 Å². The van der Waals surface area contributed by atoms with Crippen molar-refractivity contribution in [3.63, 3.8) is 0 Å². The van der Waals surface area contributed by atoms with Crippen LogP contribution in [0.1, 0.15) is 38.5 Å². The maximum atomic E-state index is 6.07. The van der Waals surface area contributed by atoms with Gasteiger partial charge in [0, 0.05) is 31.4 Å². The van der Waals surface area contributed by atoms with E-state index in [4.69, 9.17) is 5.73 Å². The van der Waals surface area contributed by atoms with Crippen LogP contribution in [-0.2, 0) is 0 Å². The first-order chi connectivity index (χ1) is 9.33. The van der Waals surface area contributed by atoms with E-state index in [2.05, 4.69) is 21.3 Å². The second kappa shape index (κ2) is 5.78. The lowest BCUT2D eigenvalue weighted by Crippen LogP contribution is -2.35. The normalized spacial score (nSPS) is 27.5. The van der Waals surface area contributed by atoms with Gasteiger partial charge in [-0.1, -0.05) is 0 Å². The Hall–Kier alpha value is -1.29. The Bertz CT molecular complexity index is 414. The van der Waals surface area contributed by atoms with Crippen LogP contribution in [0.5, 0.6) is 0 Å². The summed E-state index contributed by atoms with van der Waals surface area (Å²) in [6.07, 6.45) is 9.17. The minimum absolute atomic E-state index is 0.359. The Labute approximate surface area is 115 Å². The largest absolute Gasteiger partial charge is 0.379 e. The van der Waals surface area contributed by atoms with Gasteiger partial charge in [-0.25, -0.2) is 4.98 Å². The SMILES string of the molecule is NC1CCCC(Nc2cccnc2N2CCCC2)C1. The number of nitrogens with zero attached hydrogens (tertiary/aromatic N) is 2. The fraction of sp³-hybridized carbons (Fsp3) is 0.667. The zero-order valence-electron chi connectivity index (χ0n) is 11.5. The van der Waals surface area contributed by atoms with E-state index >= 15 is 0 Å². The number of rotatable bonds is 3. The molecule has 4 heteroatoms. The average Bonchev–Trinajstić information content (AvgIpc) is 2.93. The van der Waals surface area contributed by atoms with E-state index in [0.717, 1.165) is 25.3 Å². The van der Waals surface area contributed by atoms with Gasteiger partial charge in [-0.15, -0.1) is 0 Å². The maximum Gasteiger partial charge on any atom is 0.151 e. The molecule has 0 radical (unpaired) electrons. The Morgan fingerprint density at radius 1 is 1.21 bits per heavy atom. The van der Waals surface area contributed by atoms with Crippen molar-refractivity contribution in [3.05, 3.63) is 18.3 Å². The van der Waals surface area contributed by atoms with Gasteiger partial charge >= 0.3 is 0 Å². The summed E-state index contributed by atoms with van der Waals surface area (Å²) in [4.78, 5) is 6.97. The third-order valence-electron chi connectivity index (χ3n) is 4.27. The van der Waals surface area contributed by atoms with Gasteiger partial charge in [0.1, 0.15) is 0 Å². The number of aromatic nitrogens is 1. The van der Waals surface area contributed by atoms with Crippen LogP contribution >= 0.6 is 0 Å². The van der Waals surface area contributed by atoms with Crippen molar-refractivity contribution in [2.45, 2.75) is 50.6 Å². The van der Waals surface area contributed by atoms with Crippen molar-refractivity contribution in [3.8, 4) is 0 Å². The molecule has 104 valence electrons. The predicted octanol–water partition coefficient (Wildman–Crippen LogP) is 2.36. The van der Waals surface area contributed by atoms with Crippen molar-refractivity contribution in [1.29, 1.82) is 0 Å². The van der Waals surface area contributed by atoms with Crippen molar-refractivity contribution in [1.82, 2.24) is 4.98 Å². The highest BCUT2D eigenvalue weighted by Gasteiger charge is 2.22. The number of anilines is 2. The monoisotopic (exact) mass is 260 g/mol. The summed E-state index contributed by atoms with van der Waals surface area (Å²) in [6, 6.07) is 5.04. The third kappa shape index (κ3) is 3.00. The van der Waals surface area contributed by atoms with E-state index in [9.17, 15) is 0 Å². The van der Waals surface area contributed by atoms with E-state index in [1.54, 1.807) is 0 Å². The molecule has 0 amide bonds. The molecule has 1 saturated heterocycles. The van der Waals surface area contributed by atoms with Crippen LogP contribution in [0.2, 0.25) is 0 Å². The van der Waals surface area contributed by atoms with Crippen molar-refractivity contribution >= 4 is 11.5 Å². The molecule has 2 unspecified atom stereocenters. The van der Waals surface area contributed by atoms with Gasteiger partial charge in [0.15, 0.2) is 5.82 Å². The maximum absolute atomic E-state index is 6.07. The first-order valence-corrected chi connectivity index (χ1v) is 7.55. The fourth-order valence-electron chi connectivity index (χ4n) is 3.27. The van der Waals surface area contributed by atoms with Crippen LogP contribution in [-0.4, -0.2) is 30.2 Å². The molecule has 1 aromatic rings. The van der Waals surface area contributed by atoms with Crippen LogP contribution in [0.4, 0.5) is 11.5 Å². The van der Waals surface area contributed by atoms with Gasteiger partial charge in [-0.2, -0.15) is 0 Å². The second-order valence-corrected chi connectivity index (χ2v) is 5.84. The van der Waals surface area contributed by atoms with Crippen LogP contribution in [0.15, 0.2) is 18.3 Å².